The number of hydrogen-bond acceptors (Lipinski definition) is 3. The number of carbonyl (C=O) groups is 1. The van der Waals surface area contributed by atoms with Crippen molar-refractivity contribution < 1.29 is 9.18 Å². The van der Waals surface area contributed by atoms with Crippen LogP contribution in [0.25, 0.3) is 0 Å². The largest absolute Gasteiger partial charge is 0.327 e. The van der Waals surface area contributed by atoms with E-state index in [9.17, 15) is 9.18 Å². The summed E-state index contributed by atoms with van der Waals surface area (Å²) in [6.45, 7) is 7.56. The third kappa shape index (κ3) is 3.73. The van der Waals surface area contributed by atoms with Gasteiger partial charge in [0.2, 0.25) is 0 Å². The van der Waals surface area contributed by atoms with Gasteiger partial charge >= 0.3 is 0 Å². The molecule has 0 saturated heterocycles. The van der Waals surface area contributed by atoms with Gasteiger partial charge in [0.25, 0.3) is 5.91 Å². The molecule has 1 amide bonds. The van der Waals surface area contributed by atoms with E-state index in [4.69, 9.17) is 11.6 Å². The van der Waals surface area contributed by atoms with Crippen LogP contribution in [0, 0.1) is 6.92 Å². The Bertz CT molecular complexity index is 847. The van der Waals surface area contributed by atoms with E-state index >= 15 is 0 Å². The Labute approximate surface area is 158 Å². The van der Waals surface area contributed by atoms with Crippen molar-refractivity contribution in [3.05, 3.63) is 57.6 Å². The lowest BCUT2D eigenvalue weighted by Crippen LogP contribution is -2.27. The van der Waals surface area contributed by atoms with E-state index in [1.54, 1.807) is 37.2 Å². The van der Waals surface area contributed by atoms with Gasteiger partial charge in [-0.3, -0.25) is 9.78 Å². The van der Waals surface area contributed by atoms with E-state index in [2.05, 4.69) is 9.97 Å². The lowest BCUT2D eigenvalue weighted by Gasteiger charge is -2.25. The first-order valence-corrected chi connectivity index (χ1v) is 9.14. The third-order valence-electron chi connectivity index (χ3n) is 4.94. The highest BCUT2D eigenvalue weighted by atomic mass is 35.5. The Morgan fingerprint density at radius 3 is 2.73 bits per heavy atom. The summed E-state index contributed by atoms with van der Waals surface area (Å²) in [5.74, 6) is -0.0438. The predicted octanol–water partition coefficient (Wildman–Crippen LogP) is 4.84. The Morgan fingerprint density at radius 1 is 1.38 bits per heavy atom. The van der Waals surface area contributed by atoms with Crippen LogP contribution < -0.4 is 0 Å². The van der Waals surface area contributed by atoms with Crippen molar-refractivity contribution in [3.63, 3.8) is 0 Å². The molecule has 2 aromatic rings. The molecule has 1 aliphatic rings. The topological polar surface area (TPSA) is 46.1 Å². The monoisotopic (exact) mass is 375 g/mol. The van der Waals surface area contributed by atoms with Crippen LogP contribution in [0.3, 0.4) is 0 Å². The van der Waals surface area contributed by atoms with E-state index in [1.165, 1.54) is 0 Å². The number of pyridine rings is 2. The maximum Gasteiger partial charge on any atom is 0.255 e. The van der Waals surface area contributed by atoms with Crippen LogP contribution in [0.5, 0.6) is 0 Å². The second-order valence-corrected chi connectivity index (χ2v) is 7.85. The molecule has 0 N–H and O–H groups in total. The molecule has 0 spiro atoms. The molecule has 6 heteroatoms. The molecule has 4 nitrogen and oxygen atoms in total. The first-order chi connectivity index (χ1) is 12.2. The van der Waals surface area contributed by atoms with Gasteiger partial charge in [0, 0.05) is 29.2 Å². The van der Waals surface area contributed by atoms with E-state index < -0.39 is 5.67 Å². The molecule has 26 heavy (non-hydrogen) atoms. The van der Waals surface area contributed by atoms with E-state index in [0.29, 0.717) is 30.1 Å². The number of fused-ring (bicyclic) bond motifs is 1. The summed E-state index contributed by atoms with van der Waals surface area (Å²) >= 11 is 6.14. The number of hydrogen-bond donors (Lipinski definition) is 0. The number of aromatic nitrogens is 2. The fourth-order valence-electron chi connectivity index (χ4n) is 3.24. The molecule has 3 heterocycles. The van der Waals surface area contributed by atoms with Crippen molar-refractivity contribution in [1.82, 2.24) is 14.9 Å². The van der Waals surface area contributed by atoms with Gasteiger partial charge in [-0.1, -0.05) is 17.7 Å². The van der Waals surface area contributed by atoms with Crippen LogP contribution in [0.1, 0.15) is 66.0 Å². The lowest BCUT2D eigenvalue weighted by atomic mass is 9.99. The second kappa shape index (κ2) is 6.95. The highest BCUT2D eigenvalue weighted by Crippen LogP contribution is 2.34. The summed E-state index contributed by atoms with van der Waals surface area (Å²) in [5.41, 5.74) is 3.05. The van der Waals surface area contributed by atoms with Gasteiger partial charge in [0.1, 0.15) is 10.8 Å². The van der Waals surface area contributed by atoms with E-state index in [-0.39, 0.29) is 11.9 Å². The van der Waals surface area contributed by atoms with Crippen molar-refractivity contribution in [3.8, 4) is 0 Å². The molecule has 0 fully saturated rings. The SMILES string of the molecule is Cc1cc(C(C)N2Cc3c(ccnc3Cl)C2=O)cnc1CCC(C)(C)F. The van der Waals surface area contributed by atoms with Gasteiger partial charge in [0.05, 0.1) is 12.6 Å². The van der Waals surface area contributed by atoms with Gasteiger partial charge in [-0.25, -0.2) is 9.37 Å². The number of rotatable bonds is 5. The molecule has 0 saturated carbocycles. The maximum atomic E-state index is 13.7. The average molecular weight is 376 g/mol. The number of nitrogens with zero attached hydrogens (tertiary/aromatic N) is 3. The van der Waals surface area contributed by atoms with Crippen molar-refractivity contribution in [1.29, 1.82) is 0 Å². The fourth-order valence-corrected chi connectivity index (χ4v) is 3.46. The number of amides is 1. The molecule has 0 bridgehead atoms. The van der Waals surface area contributed by atoms with Crippen molar-refractivity contribution in [2.45, 2.75) is 58.8 Å². The van der Waals surface area contributed by atoms with Gasteiger partial charge in [-0.15, -0.1) is 0 Å². The lowest BCUT2D eigenvalue weighted by molar-refractivity contribution is 0.0715. The minimum absolute atomic E-state index is 0.0438. The average Bonchev–Trinajstić information content (AvgIpc) is 2.91. The normalized spacial score (nSPS) is 15.3. The molecule has 0 radical (unpaired) electrons. The molecule has 0 aliphatic carbocycles. The van der Waals surface area contributed by atoms with Crippen molar-refractivity contribution in [2.24, 2.45) is 0 Å². The number of carbonyl (C=O) groups excluding carboxylic acids is 1. The molecule has 3 rings (SSSR count). The molecule has 1 unspecified atom stereocenters. The van der Waals surface area contributed by atoms with Gasteiger partial charge in [-0.2, -0.15) is 0 Å². The quantitative estimate of drug-likeness (QED) is 0.703. The van der Waals surface area contributed by atoms with Crippen LogP contribution in [0.2, 0.25) is 5.15 Å². The van der Waals surface area contributed by atoms with Crippen LogP contribution >= 0.6 is 11.6 Å². The summed E-state index contributed by atoms with van der Waals surface area (Å²) in [5, 5.41) is 0.379. The summed E-state index contributed by atoms with van der Waals surface area (Å²) in [4.78, 5) is 23.1. The zero-order valence-electron chi connectivity index (χ0n) is 15.5. The second-order valence-electron chi connectivity index (χ2n) is 7.49. The van der Waals surface area contributed by atoms with Gasteiger partial charge in [-0.05, 0) is 57.7 Å². The van der Waals surface area contributed by atoms with E-state index in [0.717, 1.165) is 22.4 Å². The predicted molar refractivity (Wildman–Crippen MR) is 100 cm³/mol. The van der Waals surface area contributed by atoms with Gasteiger partial charge in [0.15, 0.2) is 0 Å². The molecule has 2 aromatic heterocycles. The zero-order valence-corrected chi connectivity index (χ0v) is 16.3. The smallest absolute Gasteiger partial charge is 0.255 e. The summed E-state index contributed by atoms with van der Waals surface area (Å²) in [6, 6.07) is 3.61. The Morgan fingerprint density at radius 2 is 2.12 bits per heavy atom. The van der Waals surface area contributed by atoms with Crippen LogP contribution in [-0.4, -0.2) is 26.4 Å². The highest BCUT2D eigenvalue weighted by molar-refractivity contribution is 6.30. The summed E-state index contributed by atoms with van der Waals surface area (Å²) in [7, 11) is 0. The summed E-state index contributed by atoms with van der Waals surface area (Å²) in [6.07, 6.45) is 4.37. The Hall–Kier alpha value is -2.01. The fraction of sp³-hybridized carbons (Fsp3) is 0.450. The van der Waals surface area contributed by atoms with Crippen molar-refractivity contribution in [2.75, 3.05) is 0 Å². The van der Waals surface area contributed by atoms with Crippen LogP contribution in [0.15, 0.2) is 24.5 Å². The summed E-state index contributed by atoms with van der Waals surface area (Å²) < 4.78 is 13.7. The minimum atomic E-state index is -1.21. The number of alkyl halides is 1. The van der Waals surface area contributed by atoms with E-state index in [1.807, 2.05) is 19.9 Å². The van der Waals surface area contributed by atoms with Gasteiger partial charge < -0.3 is 4.90 Å². The first kappa shape index (κ1) is 18.8. The standard InChI is InChI=1S/C20H23ClFN3O/c1-12-9-14(10-24-17(12)5-7-20(3,4)22)13(2)25-11-16-15(19(25)26)6-8-23-18(16)21/h6,8-10,13H,5,7,11H2,1-4H3. The molecular formula is C20H23ClFN3O. The number of halogens is 2. The first-order valence-electron chi connectivity index (χ1n) is 8.76. The molecule has 1 atom stereocenters. The maximum absolute atomic E-state index is 13.7. The Balaban J connectivity index is 1.79. The molecule has 138 valence electrons. The molecular weight excluding hydrogens is 353 g/mol. The molecule has 0 aromatic carbocycles. The van der Waals surface area contributed by atoms with Crippen molar-refractivity contribution >= 4 is 17.5 Å². The highest BCUT2D eigenvalue weighted by Gasteiger charge is 2.33. The third-order valence-corrected chi connectivity index (χ3v) is 5.26. The zero-order chi connectivity index (χ0) is 19.1. The molecule has 1 aliphatic heterocycles. The Kier molecular flexibility index (Phi) is 5.02. The minimum Gasteiger partial charge on any atom is -0.327 e. The van der Waals surface area contributed by atoms with Crippen LogP contribution in [-0.2, 0) is 13.0 Å². The van der Waals surface area contributed by atoms with Crippen LogP contribution in [0.4, 0.5) is 4.39 Å². The number of aryl methyl sites for hydroxylation is 2.